The predicted octanol–water partition coefficient (Wildman–Crippen LogP) is 2.44. The summed E-state index contributed by atoms with van der Waals surface area (Å²) in [5.74, 6) is -0.576. The van der Waals surface area contributed by atoms with Crippen molar-refractivity contribution in [3.8, 4) is 0 Å². The molecular formula is C20H19BrN2O2. The van der Waals surface area contributed by atoms with Crippen molar-refractivity contribution >= 4 is 33.8 Å². The van der Waals surface area contributed by atoms with Gasteiger partial charge >= 0.3 is 0 Å². The molecule has 1 atom stereocenters. The molecule has 1 N–H and O–H groups in total. The van der Waals surface area contributed by atoms with Crippen LogP contribution in [0.25, 0.3) is 6.08 Å². The Bertz CT molecular complexity index is 949. The maximum atomic E-state index is 12.2. The third-order valence-corrected chi connectivity index (χ3v) is 4.95. The number of fused-ring (bicyclic) bond motifs is 1. The Balaban J connectivity index is 1.66. The molecule has 25 heavy (non-hydrogen) atoms. The van der Waals surface area contributed by atoms with Crippen molar-refractivity contribution in [2.75, 3.05) is 6.54 Å². The van der Waals surface area contributed by atoms with Gasteiger partial charge in [0.25, 0.3) is 11.8 Å². The number of carbonyl (C=O) groups is 2. The first-order valence-electron chi connectivity index (χ1n) is 8.19. The van der Waals surface area contributed by atoms with Gasteiger partial charge in [-0.3, -0.25) is 9.59 Å². The van der Waals surface area contributed by atoms with Crippen LogP contribution in [-0.4, -0.2) is 18.4 Å². The summed E-state index contributed by atoms with van der Waals surface area (Å²) in [6.45, 7) is 4.49. The second-order valence-corrected chi connectivity index (χ2v) is 7.19. The van der Waals surface area contributed by atoms with Gasteiger partial charge in [0.05, 0.1) is 11.3 Å². The van der Waals surface area contributed by atoms with Gasteiger partial charge in [0.15, 0.2) is 0 Å². The molecule has 128 valence electrons. The van der Waals surface area contributed by atoms with E-state index in [1.807, 2.05) is 38.1 Å². The first-order valence-corrected chi connectivity index (χ1v) is 8.99. The minimum atomic E-state index is -0.292. The lowest BCUT2D eigenvalue weighted by Crippen LogP contribution is -2.36. The smallest absolute Gasteiger partial charge is 0.253 e. The maximum Gasteiger partial charge on any atom is 0.253 e. The normalized spacial score (nSPS) is 15.8. The van der Waals surface area contributed by atoms with Gasteiger partial charge in [-0.2, -0.15) is 0 Å². The highest BCUT2D eigenvalue weighted by Crippen LogP contribution is 2.12. The number of nitrogens with one attached hydrogen (secondary N) is 1. The van der Waals surface area contributed by atoms with Crippen molar-refractivity contribution in [3.63, 3.8) is 0 Å². The largest absolute Gasteiger partial charge is 0.352 e. The van der Waals surface area contributed by atoms with Crippen LogP contribution in [-0.2, 0) is 4.79 Å². The number of hydrogen-bond donors (Lipinski definition) is 1. The second kappa shape index (κ2) is 7.31. The van der Waals surface area contributed by atoms with Crippen LogP contribution in [0.2, 0.25) is 0 Å². The molecule has 0 radical (unpaired) electrons. The molecule has 0 saturated carbocycles. The zero-order valence-corrected chi connectivity index (χ0v) is 15.8. The average Bonchev–Trinajstić information content (AvgIpc) is 2.57. The van der Waals surface area contributed by atoms with Crippen molar-refractivity contribution in [3.05, 3.63) is 68.1 Å². The minimum Gasteiger partial charge on any atom is -0.352 e. The summed E-state index contributed by atoms with van der Waals surface area (Å²) >= 11 is 3.34. The number of amides is 2. The highest BCUT2D eigenvalue weighted by Gasteiger charge is 2.18. The Kier molecular flexibility index (Phi) is 5.13. The lowest BCUT2D eigenvalue weighted by molar-refractivity contribution is -0.120. The quantitative estimate of drug-likeness (QED) is 0.859. The molecule has 1 heterocycles. The lowest BCUT2D eigenvalue weighted by atomic mass is 9.98. The molecule has 2 amide bonds. The number of halogens is 1. The van der Waals surface area contributed by atoms with Gasteiger partial charge in [-0.05, 0) is 73.0 Å². The highest BCUT2D eigenvalue weighted by molar-refractivity contribution is 9.10. The SMILES string of the molecule is Cc1cc2c(cc1C)=NC(=O)C(CCNC(=O)c1ccc(Br)cc1)C=2. The van der Waals surface area contributed by atoms with E-state index in [9.17, 15) is 9.59 Å². The van der Waals surface area contributed by atoms with Crippen molar-refractivity contribution < 1.29 is 9.59 Å². The summed E-state index contributed by atoms with van der Waals surface area (Å²) in [5.41, 5.74) is 2.91. The monoisotopic (exact) mass is 398 g/mol. The van der Waals surface area contributed by atoms with Crippen molar-refractivity contribution in [1.29, 1.82) is 0 Å². The molecule has 4 nitrogen and oxygen atoms in total. The fraction of sp³-hybridized carbons (Fsp3) is 0.250. The number of carbonyl (C=O) groups excluding carboxylic acids is 2. The summed E-state index contributed by atoms with van der Waals surface area (Å²) in [6.07, 6.45) is 2.50. The van der Waals surface area contributed by atoms with E-state index >= 15 is 0 Å². The van der Waals surface area contributed by atoms with E-state index in [1.54, 1.807) is 12.1 Å². The Hall–Kier alpha value is -2.27. The Morgan fingerprint density at radius 3 is 2.56 bits per heavy atom. The van der Waals surface area contributed by atoms with Crippen LogP contribution in [0.3, 0.4) is 0 Å². The number of aryl methyl sites for hydroxylation is 2. The predicted molar refractivity (Wildman–Crippen MR) is 101 cm³/mol. The summed E-state index contributed by atoms with van der Waals surface area (Å²) in [4.78, 5) is 28.5. The Morgan fingerprint density at radius 2 is 1.84 bits per heavy atom. The van der Waals surface area contributed by atoms with E-state index in [-0.39, 0.29) is 17.7 Å². The third-order valence-electron chi connectivity index (χ3n) is 4.42. The first kappa shape index (κ1) is 17.5. The number of nitrogens with zero attached hydrogens (tertiary/aromatic N) is 1. The van der Waals surface area contributed by atoms with Crippen LogP contribution in [0.1, 0.15) is 27.9 Å². The van der Waals surface area contributed by atoms with Crippen molar-refractivity contribution in [2.24, 2.45) is 10.9 Å². The maximum absolute atomic E-state index is 12.2. The summed E-state index contributed by atoms with van der Waals surface area (Å²) in [5, 5.41) is 4.59. The molecule has 5 heteroatoms. The van der Waals surface area contributed by atoms with E-state index in [0.29, 0.717) is 18.5 Å². The number of rotatable bonds is 4. The van der Waals surface area contributed by atoms with E-state index in [4.69, 9.17) is 0 Å². The molecule has 1 aliphatic heterocycles. The molecule has 1 unspecified atom stereocenters. The summed E-state index contributed by atoms with van der Waals surface area (Å²) < 4.78 is 0.928. The van der Waals surface area contributed by atoms with E-state index < -0.39 is 0 Å². The highest BCUT2D eigenvalue weighted by atomic mass is 79.9. The van der Waals surface area contributed by atoms with E-state index in [1.165, 1.54) is 5.56 Å². The number of benzene rings is 2. The Labute approximate surface area is 154 Å². The molecule has 0 aromatic heterocycles. The molecule has 3 rings (SSSR count). The van der Waals surface area contributed by atoms with Gasteiger partial charge in [0.1, 0.15) is 0 Å². The van der Waals surface area contributed by atoms with Gasteiger partial charge in [-0.15, -0.1) is 0 Å². The zero-order valence-electron chi connectivity index (χ0n) is 14.2. The van der Waals surface area contributed by atoms with Crippen LogP contribution in [0.4, 0.5) is 0 Å². The molecular weight excluding hydrogens is 380 g/mol. The second-order valence-electron chi connectivity index (χ2n) is 6.27. The van der Waals surface area contributed by atoms with Crippen LogP contribution in [0.15, 0.2) is 45.9 Å². The van der Waals surface area contributed by atoms with Crippen LogP contribution >= 0.6 is 15.9 Å². The summed E-state index contributed by atoms with van der Waals surface area (Å²) in [6, 6.07) is 11.2. The van der Waals surface area contributed by atoms with Crippen LogP contribution < -0.4 is 15.9 Å². The molecule has 0 spiro atoms. The molecule has 2 aromatic carbocycles. The standard InChI is InChI=1S/C20H19BrN2O2/c1-12-9-16-11-15(20(25)23-18(16)10-13(12)2)7-8-22-19(24)14-3-5-17(21)6-4-14/h3-6,9-11,15H,7-8H2,1-2H3,(H,22,24). The fourth-order valence-corrected chi connectivity index (χ4v) is 3.06. The van der Waals surface area contributed by atoms with E-state index in [2.05, 4.69) is 32.3 Å². The van der Waals surface area contributed by atoms with Crippen LogP contribution in [0, 0.1) is 19.8 Å². The first-order chi connectivity index (χ1) is 11.9. The lowest BCUT2D eigenvalue weighted by Gasteiger charge is -2.13. The molecule has 2 aromatic rings. The van der Waals surface area contributed by atoms with Gasteiger partial charge in [0, 0.05) is 16.6 Å². The molecule has 0 aliphatic carbocycles. The van der Waals surface area contributed by atoms with Gasteiger partial charge < -0.3 is 5.32 Å². The van der Waals surface area contributed by atoms with E-state index in [0.717, 1.165) is 20.6 Å². The third kappa shape index (κ3) is 4.04. The van der Waals surface area contributed by atoms with Crippen molar-refractivity contribution in [2.45, 2.75) is 20.3 Å². The number of hydrogen-bond acceptors (Lipinski definition) is 2. The molecule has 0 saturated heterocycles. The fourth-order valence-electron chi connectivity index (χ4n) is 2.79. The van der Waals surface area contributed by atoms with Gasteiger partial charge in [0.2, 0.25) is 0 Å². The minimum absolute atomic E-state index is 0.139. The zero-order chi connectivity index (χ0) is 18.0. The van der Waals surface area contributed by atoms with Crippen LogP contribution in [0.5, 0.6) is 0 Å². The van der Waals surface area contributed by atoms with Gasteiger partial charge in [-0.1, -0.05) is 22.0 Å². The topological polar surface area (TPSA) is 58.5 Å². The molecule has 1 aliphatic rings. The Morgan fingerprint density at radius 1 is 1.16 bits per heavy atom. The average molecular weight is 399 g/mol. The van der Waals surface area contributed by atoms with Crippen molar-refractivity contribution in [1.82, 2.24) is 5.32 Å². The van der Waals surface area contributed by atoms with Gasteiger partial charge in [-0.25, -0.2) is 4.99 Å². The molecule has 0 fully saturated rings. The summed E-state index contributed by atoms with van der Waals surface area (Å²) in [7, 11) is 0. The molecule has 0 bridgehead atoms.